The van der Waals surface area contributed by atoms with E-state index in [0.717, 1.165) is 30.3 Å². The average molecular weight is 138 g/mol. The Morgan fingerprint density at radius 3 is 2.90 bits per heavy atom. The summed E-state index contributed by atoms with van der Waals surface area (Å²) in [5, 5.41) is 13.4. The number of nitrogens with zero attached hydrogens (tertiary/aromatic N) is 1. The number of hydrogen-bond donors (Lipinski definition) is 3. The second kappa shape index (κ2) is 1.90. The Kier molecular flexibility index (Phi) is 1.06. The van der Waals surface area contributed by atoms with E-state index >= 15 is 0 Å². The zero-order valence-electron chi connectivity index (χ0n) is 5.86. The molecule has 1 aromatic heterocycles. The Bertz CT molecular complexity index is 240. The van der Waals surface area contributed by atoms with Crippen molar-refractivity contribution in [1.29, 1.82) is 0 Å². The molecule has 4 heteroatoms. The van der Waals surface area contributed by atoms with E-state index in [-0.39, 0.29) is 0 Å². The van der Waals surface area contributed by atoms with Gasteiger partial charge < -0.3 is 10.6 Å². The van der Waals surface area contributed by atoms with Gasteiger partial charge in [0, 0.05) is 13.1 Å². The third kappa shape index (κ3) is 0.650. The second-order valence-electron chi connectivity index (χ2n) is 2.43. The van der Waals surface area contributed by atoms with Crippen molar-refractivity contribution in [3.8, 4) is 0 Å². The summed E-state index contributed by atoms with van der Waals surface area (Å²) in [4.78, 5) is 0. The van der Waals surface area contributed by atoms with Crippen LogP contribution in [0.2, 0.25) is 0 Å². The lowest BCUT2D eigenvalue weighted by Gasteiger charge is -2.14. The lowest BCUT2D eigenvalue weighted by atomic mass is 10.3. The zero-order chi connectivity index (χ0) is 6.97. The van der Waals surface area contributed by atoms with Gasteiger partial charge in [-0.2, -0.15) is 5.10 Å². The average Bonchev–Trinajstić information content (AvgIpc) is 2.34. The smallest absolute Gasteiger partial charge is 0.171 e. The number of fused-ring (bicyclic) bond motifs is 1. The molecule has 0 atom stereocenters. The third-order valence-electron chi connectivity index (χ3n) is 1.67. The topological polar surface area (TPSA) is 52.7 Å². The van der Waals surface area contributed by atoms with Crippen molar-refractivity contribution >= 4 is 11.5 Å². The van der Waals surface area contributed by atoms with Crippen LogP contribution in [0.15, 0.2) is 0 Å². The van der Waals surface area contributed by atoms with Gasteiger partial charge in [0.15, 0.2) is 5.82 Å². The number of nitrogens with one attached hydrogen (secondary N) is 3. The van der Waals surface area contributed by atoms with Crippen molar-refractivity contribution in [1.82, 2.24) is 10.2 Å². The molecule has 2 rings (SSSR count). The molecule has 0 spiro atoms. The van der Waals surface area contributed by atoms with Crippen molar-refractivity contribution < 1.29 is 0 Å². The van der Waals surface area contributed by atoms with Crippen LogP contribution in [0.3, 0.4) is 0 Å². The minimum absolute atomic E-state index is 0.948. The van der Waals surface area contributed by atoms with E-state index < -0.39 is 0 Å². The number of aryl methyl sites for hydroxylation is 1. The summed E-state index contributed by atoms with van der Waals surface area (Å²) in [7, 11) is 0. The molecule has 0 amide bonds. The van der Waals surface area contributed by atoms with E-state index in [2.05, 4.69) is 20.8 Å². The molecule has 54 valence electrons. The van der Waals surface area contributed by atoms with Crippen LogP contribution in [0, 0.1) is 6.92 Å². The Hall–Kier alpha value is -1.19. The van der Waals surface area contributed by atoms with E-state index in [1.807, 2.05) is 6.92 Å². The van der Waals surface area contributed by atoms with Gasteiger partial charge in [0.25, 0.3) is 0 Å². The van der Waals surface area contributed by atoms with Gasteiger partial charge in [0.1, 0.15) is 0 Å². The monoisotopic (exact) mass is 138 g/mol. The van der Waals surface area contributed by atoms with Gasteiger partial charge in [-0.05, 0) is 6.92 Å². The van der Waals surface area contributed by atoms with Crippen LogP contribution < -0.4 is 10.6 Å². The molecule has 1 aliphatic heterocycles. The molecule has 0 fully saturated rings. The van der Waals surface area contributed by atoms with Crippen molar-refractivity contribution in [3.05, 3.63) is 5.69 Å². The van der Waals surface area contributed by atoms with Crippen molar-refractivity contribution in [2.24, 2.45) is 0 Å². The highest BCUT2D eigenvalue weighted by atomic mass is 15.2. The van der Waals surface area contributed by atoms with Crippen LogP contribution in [-0.2, 0) is 0 Å². The molecule has 10 heavy (non-hydrogen) atoms. The van der Waals surface area contributed by atoms with Crippen LogP contribution in [0.4, 0.5) is 11.5 Å². The molecule has 0 aromatic carbocycles. The summed E-state index contributed by atoms with van der Waals surface area (Å²) in [6, 6.07) is 0. The SMILES string of the molecule is Cc1[nH]nc2c1NCCN2. The minimum atomic E-state index is 0.948. The number of anilines is 2. The fourth-order valence-electron chi connectivity index (χ4n) is 1.14. The summed E-state index contributed by atoms with van der Waals surface area (Å²) in [5.41, 5.74) is 2.22. The highest BCUT2D eigenvalue weighted by Crippen LogP contribution is 2.23. The first-order valence-corrected chi connectivity index (χ1v) is 3.40. The predicted octanol–water partition coefficient (Wildman–Crippen LogP) is 0.556. The molecule has 0 saturated heterocycles. The Morgan fingerprint density at radius 1 is 1.30 bits per heavy atom. The first-order chi connectivity index (χ1) is 4.88. The number of hydrogen-bond acceptors (Lipinski definition) is 3. The van der Waals surface area contributed by atoms with Crippen molar-refractivity contribution in [2.45, 2.75) is 6.92 Å². The molecule has 0 radical (unpaired) electrons. The standard InChI is InChI=1S/C6H10N4/c1-4-5-6(10-9-4)8-3-2-7-5/h7H,2-3H2,1H3,(H2,8,9,10). The lowest BCUT2D eigenvalue weighted by Crippen LogP contribution is -2.20. The Balaban J connectivity index is 2.45. The maximum Gasteiger partial charge on any atom is 0.171 e. The Morgan fingerprint density at radius 2 is 2.10 bits per heavy atom. The molecule has 0 saturated carbocycles. The highest BCUT2D eigenvalue weighted by molar-refractivity contribution is 5.68. The number of rotatable bonds is 0. The van der Waals surface area contributed by atoms with Gasteiger partial charge in [-0.25, -0.2) is 0 Å². The van der Waals surface area contributed by atoms with Gasteiger partial charge >= 0.3 is 0 Å². The zero-order valence-corrected chi connectivity index (χ0v) is 5.86. The summed E-state index contributed by atoms with van der Waals surface area (Å²) in [6.45, 7) is 3.94. The Labute approximate surface area is 59.0 Å². The second-order valence-corrected chi connectivity index (χ2v) is 2.43. The molecule has 0 unspecified atom stereocenters. The van der Waals surface area contributed by atoms with Crippen molar-refractivity contribution in [2.75, 3.05) is 23.7 Å². The molecule has 1 aliphatic rings. The molecular weight excluding hydrogens is 128 g/mol. The van der Waals surface area contributed by atoms with Gasteiger partial charge in [0.2, 0.25) is 0 Å². The fraction of sp³-hybridized carbons (Fsp3) is 0.500. The van der Waals surface area contributed by atoms with E-state index in [0.29, 0.717) is 0 Å². The lowest BCUT2D eigenvalue weighted by molar-refractivity contribution is 1.01. The van der Waals surface area contributed by atoms with Crippen LogP contribution in [0.25, 0.3) is 0 Å². The molecule has 4 nitrogen and oxygen atoms in total. The minimum Gasteiger partial charge on any atom is -0.379 e. The molecule has 0 bridgehead atoms. The van der Waals surface area contributed by atoms with Gasteiger partial charge in [-0.15, -0.1) is 0 Å². The number of aromatic nitrogens is 2. The van der Waals surface area contributed by atoms with Crippen LogP contribution in [-0.4, -0.2) is 23.3 Å². The van der Waals surface area contributed by atoms with Crippen LogP contribution in [0.5, 0.6) is 0 Å². The van der Waals surface area contributed by atoms with E-state index in [1.54, 1.807) is 0 Å². The molecule has 2 heterocycles. The summed E-state index contributed by atoms with van der Waals surface area (Å²) in [6.07, 6.45) is 0. The van der Waals surface area contributed by atoms with Gasteiger partial charge in [-0.1, -0.05) is 0 Å². The van der Waals surface area contributed by atoms with Crippen LogP contribution >= 0.6 is 0 Å². The highest BCUT2D eigenvalue weighted by Gasteiger charge is 2.11. The number of H-pyrrole nitrogens is 1. The first-order valence-electron chi connectivity index (χ1n) is 3.40. The quantitative estimate of drug-likeness (QED) is 0.491. The molecule has 1 aromatic rings. The molecular formula is C6H10N4. The van der Waals surface area contributed by atoms with E-state index in [4.69, 9.17) is 0 Å². The normalized spacial score (nSPS) is 15.3. The first kappa shape index (κ1) is 5.58. The van der Waals surface area contributed by atoms with Crippen molar-refractivity contribution in [3.63, 3.8) is 0 Å². The maximum absolute atomic E-state index is 4.06. The molecule has 3 N–H and O–H groups in total. The predicted molar refractivity (Wildman–Crippen MR) is 40.3 cm³/mol. The van der Waals surface area contributed by atoms with Gasteiger partial charge in [-0.3, -0.25) is 5.10 Å². The summed E-state index contributed by atoms with van der Waals surface area (Å²) >= 11 is 0. The largest absolute Gasteiger partial charge is 0.379 e. The van der Waals surface area contributed by atoms with E-state index in [1.165, 1.54) is 0 Å². The third-order valence-corrected chi connectivity index (χ3v) is 1.67. The summed E-state index contributed by atoms with van der Waals surface area (Å²) in [5.74, 6) is 0.948. The maximum atomic E-state index is 4.06. The summed E-state index contributed by atoms with van der Waals surface area (Å²) < 4.78 is 0. The fourth-order valence-corrected chi connectivity index (χ4v) is 1.14. The van der Waals surface area contributed by atoms with E-state index in [9.17, 15) is 0 Å². The number of aromatic amines is 1. The van der Waals surface area contributed by atoms with Crippen LogP contribution in [0.1, 0.15) is 5.69 Å². The molecule has 0 aliphatic carbocycles. The van der Waals surface area contributed by atoms with Gasteiger partial charge in [0.05, 0.1) is 11.4 Å².